The van der Waals surface area contributed by atoms with Gasteiger partial charge in [-0.2, -0.15) is 0 Å². The second-order valence-corrected chi connectivity index (χ2v) is 2.77. The van der Waals surface area contributed by atoms with Gasteiger partial charge in [0.2, 0.25) is 0 Å². The number of quaternary nitrogens is 1. The lowest BCUT2D eigenvalue weighted by Crippen LogP contribution is -2.62. The van der Waals surface area contributed by atoms with Crippen molar-refractivity contribution in [3.8, 4) is 5.75 Å². The van der Waals surface area contributed by atoms with Crippen molar-refractivity contribution in [2.24, 2.45) is 0 Å². The second kappa shape index (κ2) is 3.88. The molecule has 12 heavy (non-hydrogen) atoms. The highest BCUT2D eigenvalue weighted by Gasteiger charge is 2.04. The van der Waals surface area contributed by atoms with Gasteiger partial charge < -0.3 is 10.8 Å². The largest absolute Gasteiger partial charge is 0.508 e. The number of benzene rings is 1. The fourth-order valence-electron chi connectivity index (χ4n) is 0.983. The zero-order valence-corrected chi connectivity index (χ0v) is 6.73. The van der Waals surface area contributed by atoms with E-state index in [9.17, 15) is 4.79 Å². The lowest BCUT2D eigenvalue weighted by molar-refractivity contribution is -0.399. The van der Waals surface area contributed by atoms with Crippen LogP contribution < -0.4 is 5.73 Å². The van der Waals surface area contributed by atoms with Crippen molar-refractivity contribution in [2.45, 2.75) is 12.5 Å². The Hall–Kier alpha value is -1.35. The fourth-order valence-corrected chi connectivity index (χ4v) is 0.983. The van der Waals surface area contributed by atoms with E-state index in [2.05, 4.69) is 5.73 Å². The third-order valence-corrected chi connectivity index (χ3v) is 1.63. The Labute approximate surface area is 70.8 Å². The van der Waals surface area contributed by atoms with Gasteiger partial charge in [-0.15, -0.1) is 0 Å². The van der Waals surface area contributed by atoms with Crippen molar-refractivity contribution < 1.29 is 15.6 Å². The van der Waals surface area contributed by atoms with Crippen LogP contribution in [0.15, 0.2) is 24.3 Å². The minimum absolute atomic E-state index is 0.199. The molecule has 3 nitrogen and oxygen atoms in total. The van der Waals surface area contributed by atoms with Gasteiger partial charge in [-0.1, -0.05) is 12.1 Å². The van der Waals surface area contributed by atoms with E-state index >= 15 is 0 Å². The summed E-state index contributed by atoms with van der Waals surface area (Å²) in [5.41, 5.74) is 4.66. The number of hydrogen-bond acceptors (Lipinski definition) is 2. The number of aldehydes is 1. The summed E-state index contributed by atoms with van der Waals surface area (Å²) in [5, 5.41) is 8.96. The first-order chi connectivity index (χ1) is 5.72. The number of phenols is 1. The third kappa shape index (κ3) is 2.36. The minimum atomic E-state index is -0.199. The predicted molar refractivity (Wildman–Crippen MR) is 44.6 cm³/mol. The summed E-state index contributed by atoms with van der Waals surface area (Å²) in [6, 6.07) is 6.59. The van der Waals surface area contributed by atoms with E-state index in [0.29, 0.717) is 6.42 Å². The maximum absolute atomic E-state index is 10.3. The molecule has 0 amide bonds. The molecule has 1 rings (SSSR count). The molecule has 0 heterocycles. The molecule has 0 aliphatic carbocycles. The highest BCUT2D eigenvalue weighted by molar-refractivity contribution is 5.55. The van der Waals surface area contributed by atoms with Gasteiger partial charge in [0.1, 0.15) is 11.8 Å². The maximum Gasteiger partial charge on any atom is 0.177 e. The SMILES string of the molecule is [NH3+][C@H](C=O)Cc1ccc(O)cc1. The van der Waals surface area contributed by atoms with Gasteiger partial charge >= 0.3 is 0 Å². The number of aromatic hydroxyl groups is 1. The summed E-state index contributed by atoms with van der Waals surface area (Å²) >= 11 is 0. The molecule has 0 bridgehead atoms. The monoisotopic (exact) mass is 166 g/mol. The quantitative estimate of drug-likeness (QED) is 0.608. The standard InChI is InChI=1S/C9H11NO2/c10-8(6-11)5-7-1-3-9(12)4-2-7/h1-4,6,8,12H,5,10H2/p+1/t8-/m0/s1. The van der Waals surface area contributed by atoms with Crippen molar-refractivity contribution in [3.05, 3.63) is 29.8 Å². The van der Waals surface area contributed by atoms with E-state index in [1.165, 1.54) is 0 Å². The highest BCUT2D eigenvalue weighted by atomic mass is 16.3. The normalized spacial score (nSPS) is 12.4. The molecule has 0 unspecified atom stereocenters. The first-order valence-electron chi connectivity index (χ1n) is 3.78. The molecule has 0 saturated heterocycles. The molecule has 0 aliphatic heterocycles. The summed E-state index contributed by atoms with van der Waals surface area (Å²) in [6.45, 7) is 0. The van der Waals surface area contributed by atoms with Gasteiger partial charge in [-0.3, -0.25) is 4.79 Å². The Kier molecular flexibility index (Phi) is 2.82. The van der Waals surface area contributed by atoms with Crippen molar-refractivity contribution >= 4 is 6.29 Å². The Morgan fingerprint density at radius 3 is 2.50 bits per heavy atom. The minimum Gasteiger partial charge on any atom is -0.508 e. The molecule has 64 valence electrons. The fraction of sp³-hybridized carbons (Fsp3) is 0.222. The number of hydrogen-bond donors (Lipinski definition) is 2. The van der Waals surface area contributed by atoms with E-state index in [1.54, 1.807) is 24.3 Å². The summed E-state index contributed by atoms with van der Waals surface area (Å²) in [7, 11) is 0. The van der Waals surface area contributed by atoms with Crippen LogP contribution in [0.1, 0.15) is 5.56 Å². The van der Waals surface area contributed by atoms with Gasteiger partial charge in [-0.05, 0) is 17.7 Å². The lowest BCUT2D eigenvalue weighted by atomic mass is 10.1. The molecule has 0 aliphatic rings. The van der Waals surface area contributed by atoms with E-state index in [-0.39, 0.29) is 11.8 Å². The van der Waals surface area contributed by atoms with Crippen LogP contribution in [0.5, 0.6) is 5.75 Å². The maximum atomic E-state index is 10.3. The van der Waals surface area contributed by atoms with Crippen molar-refractivity contribution in [3.63, 3.8) is 0 Å². The van der Waals surface area contributed by atoms with Crippen LogP contribution in [-0.2, 0) is 11.2 Å². The molecule has 1 aromatic carbocycles. The van der Waals surface area contributed by atoms with Crippen molar-refractivity contribution in [2.75, 3.05) is 0 Å². The van der Waals surface area contributed by atoms with Crippen molar-refractivity contribution in [1.82, 2.24) is 0 Å². The number of carbonyl (C=O) groups excluding carboxylic acids is 1. The van der Waals surface area contributed by atoms with Crippen LogP contribution in [0, 0.1) is 0 Å². The van der Waals surface area contributed by atoms with Crippen LogP contribution >= 0.6 is 0 Å². The third-order valence-electron chi connectivity index (χ3n) is 1.63. The van der Waals surface area contributed by atoms with Gasteiger partial charge in [0.15, 0.2) is 6.29 Å². The Bertz CT molecular complexity index is 256. The molecule has 1 atom stereocenters. The van der Waals surface area contributed by atoms with Crippen molar-refractivity contribution in [1.29, 1.82) is 0 Å². The van der Waals surface area contributed by atoms with Crippen LogP contribution in [0.2, 0.25) is 0 Å². The topological polar surface area (TPSA) is 64.9 Å². The van der Waals surface area contributed by atoms with Gasteiger partial charge in [0.25, 0.3) is 0 Å². The molecule has 1 aromatic rings. The van der Waals surface area contributed by atoms with E-state index in [0.717, 1.165) is 11.8 Å². The molecule has 0 radical (unpaired) electrons. The lowest BCUT2D eigenvalue weighted by Gasteiger charge is -2.00. The summed E-state index contributed by atoms with van der Waals surface area (Å²) in [6.07, 6.45) is 1.45. The zero-order valence-electron chi connectivity index (χ0n) is 6.73. The molecular formula is C9H12NO2+. The first kappa shape index (κ1) is 8.74. The smallest absolute Gasteiger partial charge is 0.177 e. The molecule has 3 heteroatoms. The Morgan fingerprint density at radius 1 is 1.42 bits per heavy atom. The van der Waals surface area contributed by atoms with E-state index < -0.39 is 0 Å². The second-order valence-electron chi connectivity index (χ2n) is 2.77. The Morgan fingerprint density at radius 2 is 2.00 bits per heavy atom. The molecule has 0 spiro atoms. The molecule has 0 aromatic heterocycles. The predicted octanol–water partition coefficient (Wildman–Crippen LogP) is -0.256. The van der Waals surface area contributed by atoms with E-state index in [1.807, 2.05) is 0 Å². The molecule has 0 saturated carbocycles. The number of phenolic OH excluding ortho intramolecular Hbond substituents is 1. The van der Waals surface area contributed by atoms with E-state index in [4.69, 9.17) is 5.11 Å². The average Bonchev–Trinajstić information content (AvgIpc) is 2.09. The summed E-state index contributed by atoms with van der Waals surface area (Å²) in [5.74, 6) is 0.241. The number of rotatable bonds is 3. The first-order valence-corrected chi connectivity index (χ1v) is 3.78. The van der Waals surface area contributed by atoms with Crippen LogP contribution in [0.4, 0.5) is 0 Å². The molecule has 4 N–H and O–H groups in total. The summed E-state index contributed by atoms with van der Waals surface area (Å²) in [4.78, 5) is 10.3. The molecule has 0 fully saturated rings. The van der Waals surface area contributed by atoms with Gasteiger partial charge in [0.05, 0.1) is 0 Å². The average molecular weight is 166 g/mol. The van der Waals surface area contributed by atoms with Gasteiger partial charge in [-0.25, -0.2) is 0 Å². The van der Waals surface area contributed by atoms with Crippen LogP contribution in [-0.4, -0.2) is 17.4 Å². The number of carbonyl (C=O) groups is 1. The van der Waals surface area contributed by atoms with Gasteiger partial charge in [0, 0.05) is 6.42 Å². The van der Waals surface area contributed by atoms with Crippen LogP contribution in [0.3, 0.4) is 0 Å². The van der Waals surface area contributed by atoms with Crippen LogP contribution in [0.25, 0.3) is 0 Å². The Balaban J connectivity index is 2.64. The molecular weight excluding hydrogens is 154 g/mol. The zero-order chi connectivity index (χ0) is 8.97. The highest BCUT2D eigenvalue weighted by Crippen LogP contribution is 2.09. The summed E-state index contributed by atoms with van der Waals surface area (Å²) < 4.78 is 0.